The lowest BCUT2D eigenvalue weighted by Gasteiger charge is -2.40. The Kier molecular flexibility index (Phi) is 7.65. The molecule has 5 nitrogen and oxygen atoms in total. The Morgan fingerprint density at radius 1 is 1.36 bits per heavy atom. The molecule has 6 heteroatoms. The highest BCUT2D eigenvalue weighted by Crippen LogP contribution is 2.44. The van der Waals surface area contributed by atoms with E-state index in [1.807, 2.05) is 6.92 Å². The first-order chi connectivity index (χ1) is 12.1. The lowest BCUT2D eigenvalue weighted by atomic mass is 9.67. The van der Waals surface area contributed by atoms with Crippen molar-refractivity contribution in [3.05, 3.63) is 35.6 Å². The number of nitrogens with one attached hydrogen (secondary N) is 2. The molecule has 25 heavy (non-hydrogen) atoms. The molecule has 1 atom stereocenters. The van der Waals surface area contributed by atoms with Crippen molar-refractivity contribution in [3.63, 3.8) is 0 Å². The topological polar surface area (TPSA) is 65.9 Å². The van der Waals surface area contributed by atoms with Crippen LogP contribution < -0.4 is 10.6 Å². The minimum Gasteiger partial charge on any atom is -0.386 e. The Balaban J connectivity index is 1.92. The number of rotatable bonds is 9. The summed E-state index contributed by atoms with van der Waals surface area (Å²) in [5, 5.41) is 16.5. The minimum atomic E-state index is -0.920. The number of hydrogen-bond acceptors (Lipinski definition) is 3. The molecule has 0 radical (unpaired) electrons. The average molecular weight is 351 g/mol. The first-order valence-corrected chi connectivity index (χ1v) is 9.04. The summed E-state index contributed by atoms with van der Waals surface area (Å²) in [6.07, 6.45) is 3.70. The molecule has 0 aliphatic heterocycles. The summed E-state index contributed by atoms with van der Waals surface area (Å²) in [6.45, 7) is 4.42. The van der Waals surface area contributed by atoms with E-state index in [1.165, 1.54) is 25.3 Å². The van der Waals surface area contributed by atoms with Gasteiger partial charge in [-0.15, -0.1) is 0 Å². The summed E-state index contributed by atoms with van der Waals surface area (Å²) in [5.41, 5.74) is 0.532. The van der Waals surface area contributed by atoms with Crippen LogP contribution >= 0.6 is 0 Å². The predicted molar refractivity (Wildman–Crippen MR) is 98.1 cm³/mol. The summed E-state index contributed by atoms with van der Waals surface area (Å²) in [6, 6.07) is 6.29. The van der Waals surface area contributed by atoms with Gasteiger partial charge in [0, 0.05) is 38.9 Å². The van der Waals surface area contributed by atoms with Crippen molar-refractivity contribution in [2.24, 2.45) is 10.4 Å². The van der Waals surface area contributed by atoms with Crippen molar-refractivity contribution in [1.29, 1.82) is 0 Å². The van der Waals surface area contributed by atoms with E-state index in [4.69, 9.17) is 4.74 Å². The first-order valence-electron chi connectivity index (χ1n) is 9.04. The molecule has 1 saturated carbocycles. The second-order valence-corrected chi connectivity index (χ2v) is 6.71. The number of benzene rings is 1. The van der Waals surface area contributed by atoms with Crippen LogP contribution in [0.2, 0.25) is 0 Å². The number of hydrogen-bond donors (Lipinski definition) is 3. The van der Waals surface area contributed by atoms with Crippen LogP contribution in [-0.2, 0) is 4.74 Å². The molecule has 0 bridgehead atoms. The maximum absolute atomic E-state index is 13.7. The second kappa shape index (κ2) is 9.73. The van der Waals surface area contributed by atoms with Crippen LogP contribution in [-0.4, -0.2) is 44.4 Å². The fourth-order valence-corrected chi connectivity index (χ4v) is 3.12. The van der Waals surface area contributed by atoms with Crippen LogP contribution in [0.4, 0.5) is 4.39 Å². The minimum absolute atomic E-state index is 0.206. The van der Waals surface area contributed by atoms with E-state index in [9.17, 15) is 9.50 Å². The zero-order chi connectivity index (χ0) is 18.1. The van der Waals surface area contributed by atoms with Gasteiger partial charge in [-0.2, -0.15) is 0 Å². The van der Waals surface area contributed by atoms with Crippen LogP contribution in [0.5, 0.6) is 0 Å². The zero-order valence-corrected chi connectivity index (χ0v) is 15.2. The standard InChI is InChI=1S/C19H30FN3O2/c1-3-21-18(23-14-19(9-6-10-19)11-12-25-2)22-13-17(24)15-7-4-5-8-16(15)20/h4-5,7-8,17,24H,3,6,9-14H2,1-2H3,(H2,21,22,23). The number of ether oxygens (including phenoxy) is 1. The molecule has 0 spiro atoms. The summed E-state index contributed by atoms with van der Waals surface area (Å²) < 4.78 is 19.0. The van der Waals surface area contributed by atoms with Crippen molar-refractivity contribution in [1.82, 2.24) is 10.6 Å². The third kappa shape index (κ3) is 5.68. The molecule has 1 fully saturated rings. The van der Waals surface area contributed by atoms with Gasteiger partial charge in [0.25, 0.3) is 0 Å². The van der Waals surface area contributed by atoms with Crippen LogP contribution in [0, 0.1) is 11.2 Å². The van der Waals surface area contributed by atoms with E-state index in [2.05, 4.69) is 15.6 Å². The van der Waals surface area contributed by atoms with E-state index in [-0.39, 0.29) is 12.0 Å². The Bertz CT molecular complexity index is 561. The number of halogens is 1. The fraction of sp³-hybridized carbons (Fsp3) is 0.632. The van der Waals surface area contributed by atoms with Gasteiger partial charge in [0.05, 0.1) is 6.10 Å². The van der Waals surface area contributed by atoms with Crippen LogP contribution in [0.3, 0.4) is 0 Å². The molecular formula is C19H30FN3O2. The van der Waals surface area contributed by atoms with E-state index in [1.54, 1.807) is 25.3 Å². The number of aliphatic hydroxyl groups is 1. The molecule has 0 amide bonds. The van der Waals surface area contributed by atoms with Gasteiger partial charge in [0.2, 0.25) is 0 Å². The Morgan fingerprint density at radius 3 is 2.72 bits per heavy atom. The van der Waals surface area contributed by atoms with Crippen LogP contribution in [0.1, 0.15) is 44.3 Å². The van der Waals surface area contributed by atoms with Crippen molar-refractivity contribution >= 4 is 5.96 Å². The normalized spacial score (nSPS) is 17.7. The highest BCUT2D eigenvalue weighted by atomic mass is 19.1. The van der Waals surface area contributed by atoms with Crippen molar-refractivity contribution in [3.8, 4) is 0 Å². The van der Waals surface area contributed by atoms with Gasteiger partial charge in [-0.1, -0.05) is 24.6 Å². The molecule has 1 unspecified atom stereocenters. The summed E-state index contributed by atoms with van der Waals surface area (Å²) in [7, 11) is 1.73. The summed E-state index contributed by atoms with van der Waals surface area (Å²) in [5.74, 6) is 0.258. The van der Waals surface area contributed by atoms with Crippen LogP contribution in [0.25, 0.3) is 0 Å². The Labute approximate surface area is 149 Å². The summed E-state index contributed by atoms with van der Waals surface area (Å²) >= 11 is 0. The van der Waals surface area contributed by atoms with E-state index in [0.717, 1.165) is 26.1 Å². The molecule has 0 saturated heterocycles. The SMILES string of the molecule is CCNC(=NCC1(CCOC)CCC1)NCC(O)c1ccccc1F. The highest BCUT2D eigenvalue weighted by Gasteiger charge is 2.36. The van der Waals surface area contributed by atoms with Crippen molar-refractivity contribution in [2.45, 2.75) is 38.7 Å². The monoisotopic (exact) mass is 351 g/mol. The van der Waals surface area contributed by atoms with Crippen molar-refractivity contribution < 1.29 is 14.2 Å². The third-order valence-electron chi connectivity index (χ3n) is 4.89. The van der Waals surface area contributed by atoms with Gasteiger partial charge in [-0.05, 0) is 37.7 Å². The quantitative estimate of drug-likeness (QED) is 0.473. The van der Waals surface area contributed by atoms with Gasteiger partial charge in [-0.3, -0.25) is 4.99 Å². The van der Waals surface area contributed by atoms with E-state index < -0.39 is 11.9 Å². The second-order valence-electron chi connectivity index (χ2n) is 6.71. The van der Waals surface area contributed by atoms with Gasteiger partial charge in [-0.25, -0.2) is 4.39 Å². The number of methoxy groups -OCH3 is 1. The zero-order valence-electron chi connectivity index (χ0n) is 15.2. The third-order valence-corrected chi connectivity index (χ3v) is 4.89. The number of nitrogens with zero attached hydrogens (tertiary/aromatic N) is 1. The lowest BCUT2D eigenvalue weighted by Crippen LogP contribution is -2.41. The van der Waals surface area contributed by atoms with E-state index >= 15 is 0 Å². The highest BCUT2D eigenvalue weighted by molar-refractivity contribution is 5.79. The molecule has 1 aliphatic carbocycles. The maximum Gasteiger partial charge on any atom is 0.191 e. The van der Waals surface area contributed by atoms with Gasteiger partial charge >= 0.3 is 0 Å². The molecule has 0 heterocycles. The van der Waals surface area contributed by atoms with Gasteiger partial charge in [0.1, 0.15) is 5.82 Å². The lowest BCUT2D eigenvalue weighted by molar-refractivity contribution is 0.0778. The molecule has 0 aromatic heterocycles. The van der Waals surface area contributed by atoms with Gasteiger partial charge < -0.3 is 20.5 Å². The summed E-state index contributed by atoms with van der Waals surface area (Å²) in [4.78, 5) is 4.68. The molecule has 1 aromatic carbocycles. The number of aliphatic imine (C=N–C) groups is 1. The molecule has 1 aliphatic rings. The molecule has 3 N–H and O–H groups in total. The fourth-order valence-electron chi connectivity index (χ4n) is 3.12. The molecular weight excluding hydrogens is 321 g/mol. The first kappa shape index (κ1) is 19.7. The Hall–Kier alpha value is -1.66. The number of guanidine groups is 1. The van der Waals surface area contributed by atoms with E-state index in [0.29, 0.717) is 11.5 Å². The van der Waals surface area contributed by atoms with Gasteiger partial charge in [0.15, 0.2) is 5.96 Å². The smallest absolute Gasteiger partial charge is 0.191 e. The molecule has 1 aromatic rings. The maximum atomic E-state index is 13.7. The predicted octanol–water partition coefficient (Wildman–Crippen LogP) is 2.62. The Morgan fingerprint density at radius 2 is 2.12 bits per heavy atom. The molecule has 2 rings (SSSR count). The average Bonchev–Trinajstić information content (AvgIpc) is 2.58. The van der Waals surface area contributed by atoms with Crippen LogP contribution in [0.15, 0.2) is 29.3 Å². The molecule has 140 valence electrons. The number of aliphatic hydroxyl groups excluding tert-OH is 1. The largest absolute Gasteiger partial charge is 0.386 e. The van der Waals surface area contributed by atoms with Crippen molar-refractivity contribution in [2.75, 3.05) is 33.4 Å².